The fraction of sp³-hybridized carbons (Fsp3) is 0.500. The van der Waals surface area contributed by atoms with E-state index in [-0.39, 0.29) is 0 Å². The fourth-order valence-electron chi connectivity index (χ4n) is 0.195. The molecular formula is C4H9NO2. The predicted octanol–water partition coefficient (Wildman–Crippen LogP) is 0.0368. The van der Waals surface area contributed by atoms with Crippen LogP contribution in [0.15, 0.2) is 12.3 Å². The van der Waals surface area contributed by atoms with Crippen LogP contribution in [0.1, 0.15) is 0 Å². The lowest BCUT2D eigenvalue weighted by molar-refractivity contribution is 0.134. The highest BCUT2D eigenvalue weighted by atomic mass is 16.6. The average Bonchev–Trinajstić information content (AvgIpc) is 1.68. The summed E-state index contributed by atoms with van der Waals surface area (Å²) >= 11 is 0. The molecule has 42 valence electrons. The molecule has 0 aliphatic rings. The minimum atomic E-state index is 0.358. The third-order valence-corrected chi connectivity index (χ3v) is 0.472. The SMILES string of the molecule is C=C(COC)ON. The van der Waals surface area contributed by atoms with Crippen LogP contribution < -0.4 is 5.90 Å². The number of hydrogen-bond donors (Lipinski definition) is 1. The second-order valence-corrected chi connectivity index (χ2v) is 1.09. The minimum Gasteiger partial charge on any atom is -0.414 e. The quantitative estimate of drug-likeness (QED) is 0.405. The molecule has 0 atom stereocenters. The highest BCUT2D eigenvalue weighted by Crippen LogP contribution is 1.84. The molecule has 0 bridgehead atoms. The molecule has 0 spiro atoms. The van der Waals surface area contributed by atoms with E-state index in [1.807, 2.05) is 0 Å². The van der Waals surface area contributed by atoms with Gasteiger partial charge in [0.15, 0.2) is 0 Å². The Morgan fingerprint density at radius 1 is 1.86 bits per heavy atom. The Morgan fingerprint density at radius 2 is 2.43 bits per heavy atom. The maximum atomic E-state index is 4.68. The van der Waals surface area contributed by atoms with Crippen molar-refractivity contribution in [1.82, 2.24) is 0 Å². The van der Waals surface area contributed by atoms with E-state index in [0.717, 1.165) is 0 Å². The van der Waals surface area contributed by atoms with E-state index in [9.17, 15) is 0 Å². The molecule has 0 aliphatic heterocycles. The lowest BCUT2D eigenvalue weighted by Crippen LogP contribution is -2.02. The summed E-state index contributed by atoms with van der Waals surface area (Å²) in [6, 6.07) is 0. The van der Waals surface area contributed by atoms with Crippen LogP contribution in [0.4, 0.5) is 0 Å². The molecule has 3 nitrogen and oxygen atoms in total. The van der Waals surface area contributed by atoms with Gasteiger partial charge in [-0.05, 0) is 0 Å². The second-order valence-electron chi connectivity index (χ2n) is 1.09. The third kappa shape index (κ3) is 3.29. The van der Waals surface area contributed by atoms with Crippen molar-refractivity contribution in [3.63, 3.8) is 0 Å². The molecule has 0 aromatic carbocycles. The van der Waals surface area contributed by atoms with Gasteiger partial charge in [0.25, 0.3) is 0 Å². The van der Waals surface area contributed by atoms with E-state index in [1.54, 1.807) is 7.11 Å². The molecule has 0 amide bonds. The predicted molar refractivity (Wildman–Crippen MR) is 26.3 cm³/mol. The molecule has 0 saturated heterocycles. The van der Waals surface area contributed by atoms with Crippen LogP contribution in [0, 0.1) is 0 Å². The Labute approximate surface area is 42.7 Å². The molecule has 7 heavy (non-hydrogen) atoms. The van der Waals surface area contributed by atoms with Crippen LogP contribution in [-0.4, -0.2) is 13.7 Å². The molecule has 0 fully saturated rings. The van der Waals surface area contributed by atoms with Crippen molar-refractivity contribution in [2.45, 2.75) is 0 Å². The normalized spacial score (nSPS) is 8.29. The van der Waals surface area contributed by atoms with Crippen molar-refractivity contribution >= 4 is 0 Å². The van der Waals surface area contributed by atoms with Gasteiger partial charge in [-0.25, -0.2) is 0 Å². The Kier molecular flexibility index (Phi) is 3.36. The fourth-order valence-corrected chi connectivity index (χ4v) is 0.195. The van der Waals surface area contributed by atoms with Crippen molar-refractivity contribution < 1.29 is 9.57 Å². The van der Waals surface area contributed by atoms with Gasteiger partial charge < -0.3 is 9.57 Å². The first-order valence-electron chi connectivity index (χ1n) is 1.84. The standard InChI is InChI=1S/C4H9NO2/c1-4(7-5)3-6-2/h1,3,5H2,2H3. The lowest BCUT2D eigenvalue weighted by atomic mass is 10.6. The van der Waals surface area contributed by atoms with E-state index in [4.69, 9.17) is 0 Å². The van der Waals surface area contributed by atoms with Gasteiger partial charge in [-0.3, -0.25) is 0 Å². The summed E-state index contributed by atoms with van der Waals surface area (Å²) in [6.07, 6.45) is 0. The number of nitrogens with two attached hydrogens (primary N) is 1. The first-order chi connectivity index (χ1) is 3.31. The van der Waals surface area contributed by atoms with E-state index in [0.29, 0.717) is 12.4 Å². The summed E-state index contributed by atoms with van der Waals surface area (Å²) in [5.41, 5.74) is 0. The van der Waals surface area contributed by atoms with Crippen LogP contribution in [0.5, 0.6) is 0 Å². The van der Waals surface area contributed by atoms with Gasteiger partial charge in [0.05, 0.1) is 0 Å². The highest BCUT2D eigenvalue weighted by Gasteiger charge is 1.85. The zero-order valence-electron chi connectivity index (χ0n) is 4.31. The lowest BCUT2D eigenvalue weighted by Gasteiger charge is -1.97. The molecule has 0 radical (unpaired) electrons. The maximum absolute atomic E-state index is 4.68. The topological polar surface area (TPSA) is 44.5 Å². The zero-order chi connectivity index (χ0) is 5.70. The Hall–Kier alpha value is -0.540. The smallest absolute Gasteiger partial charge is 0.142 e. The van der Waals surface area contributed by atoms with Gasteiger partial charge in [-0.2, -0.15) is 5.90 Å². The molecule has 2 N–H and O–H groups in total. The number of rotatable bonds is 3. The van der Waals surface area contributed by atoms with Crippen LogP contribution in [0.25, 0.3) is 0 Å². The van der Waals surface area contributed by atoms with Crippen molar-refractivity contribution in [1.29, 1.82) is 0 Å². The summed E-state index contributed by atoms with van der Waals surface area (Å²) in [7, 11) is 1.55. The molecule has 0 heterocycles. The Balaban J connectivity index is 3.00. The monoisotopic (exact) mass is 103 g/mol. The van der Waals surface area contributed by atoms with Gasteiger partial charge in [-0.15, -0.1) is 0 Å². The van der Waals surface area contributed by atoms with E-state index < -0.39 is 0 Å². The van der Waals surface area contributed by atoms with Gasteiger partial charge in [-0.1, -0.05) is 6.58 Å². The van der Waals surface area contributed by atoms with Crippen LogP contribution in [0.2, 0.25) is 0 Å². The molecule has 0 aromatic rings. The molecule has 3 heteroatoms. The van der Waals surface area contributed by atoms with Crippen molar-refractivity contribution in [2.75, 3.05) is 13.7 Å². The summed E-state index contributed by atoms with van der Waals surface area (Å²) in [6.45, 7) is 3.75. The number of methoxy groups -OCH3 is 1. The second kappa shape index (κ2) is 3.64. The summed E-state index contributed by atoms with van der Waals surface area (Å²) in [5.74, 6) is 5.11. The van der Waals surface area contributed by atoms with Crippen LogP contribution in [-0.2, 0) is 9.57 Å². The summed E-state index contributed by atoms with van der Waals surface area (Å²) in [5, 5.41) is 0. The molecule has 0 aliphatic carbocycles. The maximum Gasteiger partial charge on any atom is 0.142 e. The highest BCUT2D eigenvalue weighted by molar-refractivity contribution is 4.79. The van der Waals surface area contributed by atoms with Crippen molar-refractivity contribution in [3.05, 3.63) is 12.3 Å². The van der Waals surface area contributed by atoms with Crippen molar-refractivity contribution in [2.24, 2.45) is 5.90 Å². The van der Waals surface area contributed by atoms with E-state index in [2.05, 4.69) is 22.1 Å². The largest absolute Gasteiger partial charge is 0.414 e. The first kappa shape index (κ1) is 6.46. The van der Waals surface area contributed by atoms with Gasteiger partial charge in [0.2, 0.25) is 0 Å². The Morgan fingerprint density at radius 3 is 2.57 bits per heavy atom. The summed E-state index contributed by atoms with van der Waals surface area (Å²) < 4.78 is 4.59. The first-order valence-corrected chi connectivity index (χ1v) is 1.84. The van der Waals surface area contributed by atoms with E-state index in [1.165, 1.54) is 0 Å². The van der Waals surface area contributed by atoms with Gasteiger partial charge >= 0.3 is 0 Å². The van der Waals surface area contributed by atoms with Crippen LogP contribution in [0.3, 0.4) is 0 Å². The molecule has 0 rings (SSSR count). The van der Waals surface area contributed by atoms with E-state index >= 15 is 0 Å². The molecule has 0 aromatic heterocycles. The molecule has 0 saturated carbocycles. The number of hydrogen-bond acceptors (Lipinski definition) is 3. The number of ether oxygens (including phenoxy) is 1. The average molecular weight is 103 g/mol. The molecule has 0 unspecified atom stereocenters. The van der Waals surface area contributed by atoms with Gasteiger partial charge in [0.1, 0.15) is 12.4 Å². The van der Waals surface area contributed by atoms with Crippen molar-refractivity contribution in [3.8, 4) is 0 Å². The summed E-state index contributed by atoms with van der Waals surface area (Å²) in [4.78, 5) is 4.17. The van der Waals surface area contributed by atoms with Gasteiger partial charge in [0, 0.05) is 7.11 Å². The van der Waals surface area contributed by atoms with Crippen LogP contribution >= 0.6 is 0 Å². The molecular weight excluding hydrogens is 94.0 g/mol. The Bertz CT molecular complexity index is 62.7. The zero-order valence-corrected chi connectivity index (χ0v) is 4.31. The minimum absolute atomic E-state index is 0.358. The third-order valence-electron chi connectivity index (χ3n) is 0.472.